The van der Waals surface area contributed by atoms with E-state index in [1.165, 1.54) is 36.4 Å². The van der Waals surface area contributed by atoms with Crippen LogP contribution in [-0.2, 0) is 0 Å². The van der Waals surface area contributed by atoms with Crippen molar-refractivity contribution >= 4 is 0 Å². The molecule has 0 fully saturated rings. The number of hydrogen-bond acceptors (Lipinski definition) is 2. The van der Waals surface area contributed by atoms with Gasteiger partial charge in [0.15, 0.2) is 0 Å². The van der Waals surface area contributed by atoms with Gasteiger partial charge < -0.3 is 10.2 Å². The van der Waals surface area contributed by atoms with Gasteiger partial charge >= 0.3 is 0 Å². The second-order valence-corrected chi connectivity index (χ2v) is 3.55. The lowest BCUT2D eigenvalue weighted by atomic mass is 10.0. The van der Waals surface area contributed by atoms with E-state index in [0.29, 0.717) is 11.1 Å². The van der Waals surface area contributed by atoms with E-state index >= 15 is 0 Å². The van der Waals surface area contributed by atoms with Crippen LogP contribution in [0.3, 0.4) is 0 Å². The van der Waals surface area contributed by atoms with Gasteiger partial charge in [-0.05, 0) is 35.4 Å². The maximum Gasteiger partial charge on any atom is 0.123 e. The van der Waals surface area contributed by atoms with Crippen molar-refractivity contribution in [2.24, 2.45) is 0 Å². The smallest absolute Gasteiger partial charge is 0.123 e. The minimum atomic E-state index is -0.854. The van der Waals surface area contributed by atoms with E-state index in [9.17, 15) is 14.6 Å². The lowest BCUT2D eigenvalue weighted by molar-refractivity contribution is 0.219. The Morgan fingerprint density at radius 1 is 0.938 bits per heavy atom. The lowest BCUT2D eigenvalue weighted by Crippen LogP contribution is -1.99. The third kappa shape index (κ3) is 2.20. The largest absolute Gasteiger partial charge is 0.508 e. The summed E-state index contributed by atoms with van der Waals surface area (Å²) in [6, 6.07) is 12.0. The number of aromatic hydroxyl groups is 1. The topological polar surface area (TPSA) is 40.5 Å². The molecule has 0 aliphatic rings. The predicted octanol–water partition coefficient (Wildman–Crippen LogP) is 2.61. The summed E-state index contributed by atoms with van der Waals surface area (Å²) in [6.07, 6.45) is -0.854. The van der Waals surface area contributed by atoms with Gasteiger partial charge in [-0.2, -0.15) is 0 Å². The molecule has 0 bridgehead atoms. The van der Waals surface area contributed by atoms with Gasteiger partial charge in [-0.15, -0.1) is 0 Å². The fourth-order valence-corrected chi connectivity index (χ4v) is 1.53. The van der Waals surface area contributed by atoms with E-state index in [0.717, 1.165) is 0 Å². The van der Waals surface area contributed by atoms with E-state index in [1.54, 1.807) is 12.1 Å². The molecule has 0 aliphatic heterocycles. The average Bonchev–Trinajstić information content (AvgIpc) is 2.29. The van der Waals surface area contributed by atoms with Crippen molar-refractivity contribution in [1.82, 2.24) is 0 Å². The molecule has 2 nitrogen and oxygen atoms in total. The van der Waals surface area contributed by atoms with Crippen LogP contribution in [-0.4, -0.2) is 10.2 Å². The van der Waals surface area contributed by atoms with Gasteiger partial charge in [0.1, 0.15) is 17.7 Å². The van der Waals surface area contributed by atoms with Crippen LogP contribution in [0.15, 0.2) is 48.5 Å². The van der Waals surface area contributed by atoms with Crippen molar-refractivity contribution < 1.29 is 14.6 Å². The summed E-state index contributed by atoms with van der Waals surface area (Å²) in [4.78, 5) is 0. The lowest BCUT2D eigenvalue weighted by Gasteiger charge is -2.11. The van der Waals surface area contributed by atoms with Gasteiger partial charge in [0.2, 0.25) is 0 Å². The highest BCUT2D eigenvalue weighted by atomic mass is 19.1. The molecule has 0 saturated heterocycles. The first kappa shape index (κ1) is 10.6. The maximum absolute atomic E-state index is 12.7. The van der Waals surface area contributed by atoms with Crippen molar-refractivity contribution in [1.29, 1.82) is 0 Å². The first-order chi connectivity index (χ1) is 7.66. The number of rotatable bonds is 2. The van der Waals surface area contributed by atoms with Crippen LogP contribution in [0, 0.1) is 5.82 Å². The monoisotopic (exact) mass is 218 g/mol. The van der Waals surface area contributed by atoms with Crippen molar-refractivity contribution in [3.05, 3.63) is 65.5 Å². The van der Waals surface area contributed by atoms with E-state index in [2.05, 4.69) is 0 Å². The van der Waals surface area contributed by atoms with Crippen LogP contribution in [0.25, 0.3) is 0 Å². The zero-order valence-corrected chi connectivity index (χ0v) is 8.47. The Labute approximate surface area is 92.6 Å². The van der Waals surface area contributed by atoms with Crippen molar-refractivity contribution in [3.8, 4) is 5.75 Å². The van der Waals surface area contributed by atoms with Crippen LogP contribution < -0.4 is 0 Å². The van der Waals surface area contributed by atoms with Crippen molar-refractivity contribution in [2.45, 2.75) is 6.10 Å². The van der Waals surface area contributed by atoms with Gasteiger partial charge in [-0.1, -0.05) is 24.3 Å². The Kier molecular flexibility index (Phi) is 2.88. The first-order valence-corrected chi connectivity index (χ1v) is 4.89. The molecule has 2 aromatic rings. The van der Waals surface area contributed by atoms with Gasteiger partial charge in [-0.3, -0.25) is 0 Å². The number of aliphatic hydroxyl groups is 1. The summed E-state index contributed by atoms with van der Waals surface area (Å²) >= 11 is 0. The van der Waals surface area contributed by atoms with E-state index in [1.807, 2.05) is 0 Å². The number of benzene rings is 2. The van der Waals surface area contributed by atoms with Gasteiger partial charge in [-0.25, -0.2) is 4.39 Å². The molecule has 2 rings (SSSR count). The van der Waals surface area contributed by atoms with Gasteiger partial charge in [0, 0.05) is 0 Å². The molecule has 0 aliphatic carbocycles. The van der Waals surface area contributed by atoms with Crippen LogP contribution in [0.1, 0.15) is 17.2 Å². The van der Waals surface area contributed by atoms with Crippen LogP contribution in [0.5, 0.6) is 5.75 Å². The molecule has 0 heterocycles. The SMILES string of the molecule is Oc1cccc([C@@H](O)c2ccc(F)cc2)c1. The Hall–Kier alpha value is -1.87. The number of hydrogen-bond donors (Lipinski definition) is 2. The quantitative estimate of drug-likeness (QED) is 0.813. The fraction of sp³-hybridized carbons (Fsp3) is 0.0769. The third-order valence-electron chi connectivity index (χ3n) is 2.37. The summed E-state index contributed by atoms with van der Waals surface area (Å²) in [5, 5.41) is 19.3. The summed E-state index contributed by atoms with van der Waals surface area (Å²) < 4.78 is 12.7. The summed E-state index contributed by atoms with van der Waals surface area (Å²) in [6.45, 7) is 0. The molecule has 1 atom stereocenters. The van der Waals surface area contributed by atoms with Crippen LogP contribution in [0.4, 0.5) is 4.39 Å². The van der Waals surface area contributed by atoms with Gasteiger partial charge in [0.25, 0.3) is 0 Å². The van der Waals surface area contributed by atoms with E-state index in [-0.39, 0.29) is 11.6 Å². The normalized spacial score (nSPS) is 12.4. The molecule has 0 radical (unpaired) electrons. The second-order valence-electron chi connectivity index (χ2n) is 3.55. The Bertz CT molecular complexity index is 480. The van der Waals surface area contributed by atoms with Crippen molar-refractivity contribution in [2.75, 3.05) is 0 Å². The minimum Gasteiger partial charge on any atom is -0.508 e. The van der Waals surface area contributed by atoms with E-state index in [4.69, 9.17) is 0 Å². The number of phenols is 1. The standard InChI is InChI=1S/C13H11FO2/c14-11-6-4-9(5-7-11)13(16)10-2-1-3-12(15)8-10/h1-8,13,15-16H/t13-/m0/s1. The zero-order chi connectivity index (χ0) is 11.5. The summed E-state index contributed by atoms with van der Waals surface area (Å²) in [5.41, 5.74) is 1.17. The summed E-state index contributed by atoms with van der Waals surface area (Å²) in [5.74, 6) is -0.245. The highest BCUT2D eigenvalue weighted by Crippen LogP contribution is 2.24. The first-order valence-electron chi connectivity index (χ1n) is 4.89. The third-order valence-corrected chi connectivity index (χ3v) is 2.37. The highest BCUT2D eigenvalue weighted by Gasteiger charge is 2.10. The molecule has 0 unspecified atom stereocenters. The zero-order valence-electron chi connectivity index (χ0n) is 8.47. The van der Waals surface area contributed by atoms with Crippen LogP contribution in [0.2, 0.25) is 0 Å². The Morgan fingerprint density at radius 2 is 1.62 bits per heavy atom. The van der Waals surface area contributed by atoms with E-state index < -0.39 is 6.10 Å². The predicted molar refractivity (Wildman–Crippen MR) is 58.6 cm³/mol. The molecule has 3 heteroatoms. The molecule has 0 spiro atoms. The number of aliphatic hydroxyl groups excluding tert-OH is 1. The minimum absolute atomic E-state index is 0.0960. The average molecular weight is 218 g/mol. The molecule has 0 aromatic heterocycles. The maximum atomic E-state index is 12.7. The fourth-order valence-electron chi connectivity index (χ4n) is 1.53. The highest BCUT2D eigenvalue weighted by molar-refractivity contribution is 5.34. The molecule has 2 aromatic carbocycles. The molecule has 16 heavy (non-hydrogen) atoms. The van der Waals surface area contributed by atoms with Gasteiger partial charge in [0.05, 0.1) is 0 Å². The summed E-state index contributed by atoms with van der Waals surface area (Å²) in [7, 11) is 0. The molecule has 0 amide bonds. The number of halogens is 1. The molecular weight excluding hydrogens is 207 g/mol. The molecule has 82 valence electrons. The second kappa shape index (κ2) is 4.33. The molecular formula is C13H11FO2. The molecule has 2 N–H and O–H groups in total. The van der Waals surface area contributed by atoms with Crippen molar-refractivity contribution in [3.63, 3.8) is 0 Å². The number of phenolic OH excluding ortho intramolecular Hbond substituents is 1. The van der Waals surface area contributed by atoms with Crippen LogP contribution >= 0.6 is 0 Å². The Morgan fingerprint density at radius 3 is 2.25 bits per heavy atom. The Balaban J connectivity index is 2.31. The molecule has 0 saturated carbocycles.